The fourth-order valence-corrected chi connectivity index (χ4v) is 1.96. The van der Waals surface area contributed by atoms with E-state index in [0.29, 0.717) is 0 Å². The molecule has 1 nitrogen and oxygen atoms in total. The molecule has 2 aromatic rings. The van der Waals surface area contributed by atoms with E-state index < -0.39 is 0 Å². The Morgan fingerprint density at radius 1 is 0.889 bits per heavy atom. The summed E-state index contributed by atoms with van der Waals surface area (Å²) in [5.74, 6) is 0.948. The Morgan fingerprint density at radius 2 is 1.61 bits per heavy atom. The predicted molar refractivity (Wildman–Crippen MR) is 77.8 cm³/mol. The summed E-state index contributed by atoms with van der Waals surface area (Å²) in [6.45, 7) is 4.17. The first-order valence-electron chi connectivity index (χ1n) is 6.09. The Labute approximate surface area is 109 Å². The number of methoxy groups -OCH3 is 1. The van der Waals surface area contributed by atoms with Gasteiger partial charge in [0.25, 0.3) is 0 Å². The molecule has 0 N–H and O–H groups in total. The minimum Gasteiger partial charge on any atom is -0.496 e. The standard InChI is InChI=1S/C17H18O/c1-13-12-17(18-3)14(2)11-16(13)10-9-15-7-5-4-6-8-15/h4-12H,1-3H3. The molecule has 0 saturated heterocycles. The van der Waals surface area contributed by atoms with E-state index in [-0.39, 0.29) is 0 Å². The molecular formula is C17H18O. The van der Waals surface area contributed by atoms with Crippen LogP contribution in [-0.4, -0.2) is 7.11 Å². The van der Waals surface area contributed by atoms with Crippen molar-refractivity contribution in [1.82, 2.24) is 0 Å². The maximum atomic E-state index is 5.32. The van der Waals surface area contributed by atoms with Gasteiger partial charge in [0.15, 0.2) is 0 Å². The fourth-order valence-electron chi connectivity index (χ4n) is 1.96. The van der Waals surface area contributed by atoms with Gasteiger partial charge in [-0.15, -0.1) is 0 Å². The van der Waals surface area contributed by atoms with Gasteiger partial charge in [0.05, 0.1) is 7.11 Å². The van der Waals surface area contributed by atoms with Crippen molar-refractivity contribution >= 4 is 12.2 Å². The normalized spacial score (nSPS) is 10.8. The van der Waals surface area contributed by atoms with Gasteiger partial charge in [-0.3, -0.25) is 0 Å². The van der Waals surface area contributed by atoms with Crippen LogP contribution in [0.1, 0.15) is 22.3 Å². The Kier molecular flexibility index (Phi) is 3.83. The van der Waals surface area contributed by atoms with Crippen LogP contribution < -0.4 is 4.74 Å². The van der Waals surface area contributed by atoms with Crippen LogP contribution in [0.2, 0.25) is 0 Å². The van der Waals surface area contributed by atoms with Gasteiger partial charge in [-0.2, -0.15) is 0 Å². The van der Waals surface area contributed by atoms with Crippen molar-refractivity contribution in [3.05, 3.63) is 64.7 Å². The van der Waals surface area contributed by atoms with Crippen molar-refractivity contribution in [2.75, 3.05) is 7.11 Å². The van der Waals surface area contributed by atoms with Gasteiger partial charge >= 0.3 is 0 Å². The average Bonchev–Trinajstić information content (AvgIpc) is 2.40. The van der Waals surface area contributed by atoms with E-state index in [2.05, 4.69) is 50.3 Å². The summed E-state index contributed by atoms with van der Waals surface area (Å²) in [6, 6.07) is 14.6. The molecule has 2 aromatic carbocycles. The molecule has 0 aliphatic heterocycles. The smallest absolute Gasteiger partial charge is 0.122 e. The van der Waals surface area contributed by atoms with Gasteiger partial charge in [-0.05, 0) is 48.2 Å². The van der Waals surface area contributed by atoms with Gasteiger partial charge in [0, 0.05) is 0 Å². The molecule has 0 spiro atoms. The lowest BCUT2D eigenvalue weighted by atomic mass is 10.0. The highest BCUT2D eigenvalue weighted by molar-refractivity contribution is 5.72. The molecule has 0 aliphatic rings. The molecule has 0 unspecified atom stereocenters. The van der Waals surface area contributed by atoms with E-state index in [1.807, 2.05) is 18.2 Å². The second kappa shape index (κ2) is 5.54. The molecule has 0 saturated carbocycles. The molecule has 0 bridgehead atoms. The van der Waals surface area contributed by atoms with Gasteiger partial charge in [-0.1, -0.05) is 42.5 Å². The number of hydrogen-bond donors (Lipinski definition) is 0. The third-order valence-corrected chi connectivity index (χ3v) is 3.04. The highest BCUT2D eigenvalue weighted by Gasteiger charge is 2.02. The van der Waals surface area contributed by atoms with E-state index >= 15 is 0 Å². The minimum atomic E-state index is 0.948. The Balaban J connectivity index is 2.30. The van der Waals surface area contributed by atoms with E-state index in [0.717, 1.165) is 11.3 Å². The maximum absolute atomic E-state index is 5.32. The third-order valence-electron chi connectivity index (χ3n) is 3.04. The van der Waals surface area contributed by atoms with Crippen molar-refractivity contribution in [3.8, 4) is 5.75 Å². The van der Waals surface area contributed by atoms with Crippen LogP contribution in [0.3, 0.4) is 0 Å². The summed E-state index contributed by atoms with van der Waals surface area (Å²) in [6.07, 6.45) is 4.28. The second-order valence-corrected chi connectivity index (χ2v) is 4.42. The zero-order valence-corrected chi connectivity index (χ0v) is 11.1. The van der Waals surface area contributed by atoms with Gasteiger partial charge < -0.3 is 4.74 Å². The zero-order chi connectivity index (χ0) is 13.0. The van der Waals surface area contributed by atoms with Gasteiger partial charge in [0.2, 0.25) is 0 Å². The molecule has 0 amide bonds. The number of benzene rings is 2. The van der Waals surface area contributed by atoms with Crippen molar-refractivity contribution < 1.29 is 4.74 Å². The molecule has 0 atom stereocenters. The molecule has 2 rings (SSSR count). The maximum Gasteiger partial charge on any atom is 0.122 e. The third kappa shape index (κ3) is 2.80. The monoisotopic (exact) mass is 238 g/mol. The first-order chi connectivity index (χ1) is 8.70. The Hall–Kier alpha value is -2.02. The van der Waals surface area contributed by atoms with Crippen LogP contribution in [-0.2, 0) is 0 Å². The van der Waals surface area contributed by atoms with E-state index in [4.69, 9.17) is 4.74 Å². The fraction of sp³-hybridized carbons (Fsp3) is 0.176. The average molecular weight is 238 g/mol. The van der Waals surface area contributed by atoms with Crippen LogP contribution >= 0.6 is 0 Å². The Morgan fingerprint density at radius 3 is 2.28 bits per heavy atom. The lowest BCUT2D eigenvalue weighted by Gasteiger charge is -2.08. The number of aryl methyl sites for hydroxylation is 2. The summed E-state index contributed by atoms with van der Waals surface area (Å²) in [5.41, 5.74) is 4.84. The molecule has 0 aliphatic carbocycles. The number of hydrogen-bond acceptors (Lipinski definition) is 1. The highest BCUT2D eigenvalue weighted by atomic mass is 16.5. The Bertz CT molecular complexity index is 553. The summed E-state index contributed by atoms with van der Waals surface area (Å²) >= 11 is 0. The summed E-state index contributed by atoms with van der Waals surface area (Å²) in [7, 11) is 1.71. The van der Waals surface area contributed by atoms with Crippen LogP contribution in [0.5, 0.6) is 5.75 Å². The number of rotatable bonds is 3. The summed E-state index contributed by atoms with van der Waals surface area (Å²) in [4.78, 5) is 0. The predicted octanol–water partition coefficient (Wildman–Crippen LogP) is 4.48. The molecular weight excluding hydrogens is 220 g/mol. The molecule has 1 heteroatoms. The van der Waals surface area contributed by atoms with Gasteiger partial charge in [-0.25, -0.2) is 0 Å². The molecule has 92 valence electrons. The topological polar surface area (TPSA) is 9.23 Å². The molecule has 18 heavy (non-hydrogen) atoms. The first-order valence-corrected chi connectivity index (χ1v) is 6.09. The van der Waals surface area contributed by atoms with Gasteiger partial charge in [0.1, 0.15) is 5.75 Å². The summed E-state index contributed by atoms with van der Waals surface area (Å²) < 4.78 is 5.32. The first kappa shape index (κ1) is 12.4. The number of ether oxygens (including phenoxy) is 1. The van der Waals surface area contributed by atoms with Crippen molar-refractivity contribution in [2.24, 2.45) is 0 Å². The quantitative estimate of drug-likeness (QED) is 0.716. The van der Waals surface area contributed by atoms with Crippen molar-refractivity contribution in [1.29, 1.82) is 0 Å². The SMILES string of the molecule is COc1cc(C)c(C=Cc2ccccc2)cc1C. The van der Waals surface area contributed by atoms with Crippen LogP contribution in [0.15, 0.2) is 42.5 Å². The van der Waals surface area contributed by atoms with Crippen molar-refractivity contribution in [3.63, 3.8) is 0 Å². The van der Waals surface area contributed by atoms with Crippen LogP contribution in [0.4, 0.5) is 0 Å². The highest BCUT2D eigenvalue weighted by Crippen LogP contribution is 2.23. The van der Waals surface area contributed by atoms with E-state index in [1.165, 1.54) is 16.7 Å². The molecule has 0 heterocycles. The van der Waals surface area contributed by atoms with Crippen molar-refractivity contribution in [2.45, 2.75) is 13.8 Å². The second-order valence-electron chi connectivity index (χ2n) is 4.42. The molecule has 0 fully saturated rings. The van der Waals surface area contributed by atoms with Crippen LogP contribution in [0.25, 0.3) is 12.2 Å². The van der Waals surface area contributed by atoms with E-state index in [9.17, 15) is 0 Å². The van der Waals surface area contributed by atoms with Crippen LogP contribution in [0, 0.1) is 13.8 Å². The lowest BCUT2D eigenvalue weighted by molar-refractivity contribution is 0.411. The molecule has 0 aromatic heterocycles. The molecule has 0 radical (unpaired) electrons. The summed E-state index contributed by atoms with van der Waals surface area (Å²) in [5, 5.41) is 0. The minimum absolute atomic E-state index is 0.948. The lowest BCUT2D eigenvalue weighted by Crippen LogP contribution is -1.90. The zero-order valence-electron chi connectivity index (χ0n) is 11.1. The largest absolute Gasteiger partial charge is 0.496 e. The van der Waals surface area contributed by atoms with E-state index in [1.54, 1.807) is 7.11 Å².